The number of anilines is 2. The van der Waals surface area contributed by atoms with E-state index in [-0.39, 0.29) is 11.8 Å². The van der Waals surface area contributed by atoms with Gasteiger partial charge in [0.2, 0.25) is 5.88 Å². The lowest BCUT2D eigenvalue weighted by atomic mass is 10.1. The predicted octanol–water partition coefficient (Wildman–Crippen LogP) is 2.65. The number of rotatable bonds is 5. The molecule has 0 saturated carbocycles. The van der Waals surface area contributed by atoms with E-state index in [0.717, 1.165) is 18.9 Å². The van der Waals surface area contributed by atoms with Gasteiger partial charge in [0, 0.05) is 30.8 Å². The van der Waals surface area contributed by atoms with E-state index in [2.05, 4.69) is 19.9 Å². The van der Waals surface area contributed by atoms with Crippen molar-refractivity contribution in [1.82, 2.24) is 15.0 Å². The van der Waals surface area contributed by atoms with Crippen LogP contribution in [0.25, 0.3) is 0 Å². The molecular weight excluding hydrogens is 316 g/mol. The van der Waals surface area contributed by atoms with E-state index in [1.807, 2.05) is 19.9 Å². The average Bonchev–Trinajstić information content (AvgIpc) is 2.63. The Bertz CT molecular complexity index is 755. The lowest BCUT2D eigenvalue weighted by Crippen LogP contribution is -2.30. The summed E-state index contributed by atoms with van der Waals surface area (Å²) >= 11 is 0. The van der Waals surface area contributed by atoms with E-state index in [4.69, 9.17) is 15.9 Å². The van der Waals surface area contributed by atoms with Gasteiger partial charge in [0.1, 0.15) is 12.1 Å². The highest BCUT2D eigenvalue weighted by atomic mass is 16.5. The van der Waals surface area contributed by atoms with Gasteiger partial charge in [-0.05, 0) is 33.1 Å². The second-order valence-electron chi connectivity index (χ2n) is 6.46. The van der Waals surface area contributed by atoms with Crippen molar-refractivity contribution in [2.24, 2.45) is 0 Å². The molecule has 0 amide bonds. The summed E-state index contributed by atoms with van der Waals surface area (Å²) in [6.45, 7) is 5.85. The molecule has 25 heavy (non-hydrogen) atoms. The van der Waals surface area contributed by atoms with Crippen LogP contribution in [0, 0.1) is 5.41 Å². The second-order valence-corrected chi connectivity index (χ2v) is 6.46. The first kappa shape index (κ1) is 17.1. The van der Waals surface area contributed by atoms with Crippen LogP contribution in [0.3, 0.4) is 0 Å². The summed E-state index contributed by atoms with van der Waals surface area (Å²) in [5, 5.41) is 8.53. The number of hydrogen-bond acceptors (Lipinski definition) is 7. The van der Waals surface area contributed by atoms with Gasteiger partial charge in [-0.15, -0.1) is 0 Å². The summed E-state index contributed by atoms with van der Waals surface area (Å²) in [4.78, 5) is 15.0. The van der Waals surface area contributed by atoms with Gasteiger partial charge in [0.15, 0.2) is 0 Å². The van der Waals surface area contributed by atoms with E-state index >= 15 is 0 Å². The molecule has 2 aromatic heterocycles. The molecule has 0 spiro atoms. The minimum atomic E-state index is 0.00270. The molecule has 0 aliphatic carbocycles. The highest BCUT2D eigenvalue weighted by molar-refractivity contribution is 6.13. The number of nitrogen functional groups attached to an aromatic ring is 1. The molecular formula is C18H24N6O. The van der Waals surface area contributed by atoms with Crippen LogP contribution in [-0.4, -0.2) is 39.9 Å². The zero-order valence-electron chi connectivity index (χ0n) is 14.7. The van der Waals surface area contributed by atoms with E-state index in [1.54, 1.807) is 6.07 Å². The molecule has 1 aliphatic rings. The number of pyridine rings is 1. The fraction of sp³-hybridized carbons (Fsp3) is 0.444. The average molecular weight is 340 g/mol. The monoisotopic (exact) mass is 340 g/mol. The zero-order valence-corrected chi connectivity index (χ0v) is 14.7. The number of nitrogens with zero attached hydrogens (tertiary/aromatic N) is 4. The van der Waals surface area contributed by atoms with Gasteiger partial charge in [-0.1, -0.05) is 0 Å². The van der Waals surface area contributed by atoms with Gasteiger partial charge in [0.25, 0.3) is 0 Å². The summed E-state index contributed by atoms with van der Waals surface area (Å²) in [6, 6.07) is 3.55. The molecule has 7 heteroatoms. The summed E-state index contributed by atoms with van der Waals surface area (Å²) in [5.74, 6) is 1.31. The maximum Gasteiger partial charge on any atom is 0.214 e. The molecule has 1 saturated heterocycles. The SMILES string of the molecule is CC(C)Oc1cc(C(=N)c2cc(N3CCCCC3)ncn2)c(N)cn1. The Morgan fingerprint density at radius 1 is 1.16 bits per heavy atom. The second kappa shape index (κ2) is 7.46. The Balaban J connectivity index is 1.87. The minimum Gasteiger partial charge on any atom is -0.475 e. The van der Waals surface area contributed by atoms with Crippen LogP contribution in [0.15, 0.2) is 24.7 Å². The molecule has 1 fully saturated rings. The number of nitrogens with one attached hydrogen (secondary N) is 1. The maximum absolute atomic E-state index is 8.53. The quantitative estimate of drug-likeness (QED) is 0.812. The normalized spacial score (nSPS) is 14.6. The van der Waals surface area contributed by atoms with Gasteiger partial charge >= 0.3 is 0 Å². The molecule has 2 aromatic rings. The predicted molar refractivity (Wildman–Crippen MR) is 98.4 cm³/mol. The van der Waals surface area contributed by atoms with Gasteiger partial charge < -0.3 is 15.4 Å². The summed E-state index contributed by atoms with van der Waals surface area (Å²) in [5.41, 5.74) is 7.81. The molecule has 3 rings (SSSR count). The van der Waals surface area contributed by atoms with Crippen LogP contribution in [-0.2, 0) is 0 Å². The first-order valence-electron chi connectivity index (χ1n) is 8.63. The molecule has 132 valence electrons. The fourth-order valence-corrected chi connectivity index (χ4v) is 2.89. The van der Waals surface area contributed by atoms with Gasteiger partial charge in [0.05, 0.1) is 29.4 Å². The summed E-state index contributed by atoms with van der Waals surface area (Å²) < 4.78 is 5.61. The molecule has 0 radical (unpaired) electrons. The molecule has 3 N–H and O–H groups in total. The molecule has 1 aliphatic heterocycles. The van der Waals surface area contributed by atoms with Crippen LogP contribution < -0.4 is 15.4 Å². The third-order valence-corrected chi connectivity index (χ3v) is 4.12. The molecule has 3 heterocycles. The largest absolute Gasteiger partial charge is 0.475 e. The Kier molecular flexibility index (Phi) is 5.11. The third kappa shape index (κ3) is 4.04. The lowest BCUT2D eigenvalue weighted by Gasteiger charge is -2.27. The molecule has 0 unspecified atom stereocenters. The topological polar surface area (TPSA) is 101 Å². The van der Waals surface area contributed by atoms with Crippen LogP contribution in [0.2, 0.25) is 0 Å². The van der Waals surface area contributed by atoms with Crippen molar-refractivity contribution in [3.63, 3.8) is 0 Å². The van der Waals surface area contributed by atoms with Crippen LogP contribution in [0.5, 0.6) is 5.88 Å². The van der Waals surface area contributed by atoms with Crippen molar-refractivity contribution in [1.29, 1.82) is 5.41 Å². The van der Waals surface area contributed by atoms with Gasteiger partial charge in [-0.2, -0.15) is 0 Å². The van der Waals surface area contributed by atoms with Crippen molar-refractivity contribution < 1.29 is 4.74 Å². The molecule has 7 nitrogen and oxygen atoms in total. The molecule has 0 atom stereocenters. The van der Waals surface area contributed by atoms with E-state index in [1.165, 1.54) is 31.8 Å². The van der Waals surface area contributed by atoms with Crippen molar-refractivity contribution in [2.75, 3.05) is 23.7 Å². The smallest absolute Gasteiger partial charge is 0.214 e. The standard InChI is InChI=1S/C18H24N6O/c1-12(2)25-17-8-13(14(19)10-21-17)18(20)15-9-16(23-11-22-15)24-6-4-3-5-7-24/h8-12,20H,3-7,19H2,1-2H3. The lowest BCUT2D eigenvalue weighted by molar-refractivity contribution is 0.232. The first-order valence-corrected chi connectivity index (χ1v) is 8.63. The number of hydrogen-bond donors (Lipinski definition) is 2. The number of piperidine rings is 1. The Morgan fingerprint density at radius 3 is 2.64 bits per heavy atom. The van der Waals surface area contributed by atoms with Crippen molar-refractivity contribution in [3.05, 3.63) is 35.9 Å². The minimum absolute atomic E-state index is 0.00270. The Labute approximate surface area is 147 Å². The van der Waals surface area contributed by atoms with Crippen LogP contribution >= 0.6 is 0 Å². The molecule has 0 aromatic carbocycles. The molecule has 0 bridgehead atoms. The Hall–Kier alpha value is -2.70. The highest BCUT2D eigenvalue weighted by Gasteiger charge is 2.17. The van der Waals surface area contributed by atoms with Crippen LogP contribution in [0.1, 0.15) is 44.4 Å². The zero-order chi connectivity index (χ0) is 17.8. The highest BCUT2D eigenvalue weighted by Crippen LogP contribution is 2.22. The number of ether oxygens (including phenoxy) is 1. The van der Waals surface area contributed by atoms with E-state index in [9.17, 15) is 0 Å². The number of aromatic nitrogens is 3. The van der Waals surface area contributed by atoms with E-state index < -0.39 is 0 Å². The van der Waals surface area contributed by atoms with Crippen LogP contribution in [0.4, 0.5) is 11.5 Å². The first-order chi connectivity index (χ1) is 12.0. The number of nitrogens with two attached hydrogens (primary N) is 1. The van der Waals surface area contributed by atoms with Gasteiger partial charge in [-0.25, -0.2) is 15.0 Å². The van der Waals surface area contributed by atoms with Crippen molar-refractivity contribution in [2.45, 2.75) is 39.2 Å². The van der Waals surface area contributed by atoms with Crippen molar-refractivity contribution >= 4 is 17.2 Å². The third-order valence-electron chi connectivity index (χ3n) is 4.12. The van der Waals surface area contributed by atoms with Crippen molar-refractivity contribution in [3.8, 4) is 5.88 Å². The van der Waals surface area contributed by atoms with Gasteiger partial charge in [-0.3, -0.25) is 5.41 Å². The van der Waals surface area contributed by atoms with E-state index in [0.29, 0.717) is 22.8 Å². The maximum atomic E-state index is 8.53. The fourth-order valence-electron chi connectivity index (χ4n) is 2.89. The summed E-state index contributed by atoms with van der Waals surface area (Å²) in [7, 11) is 0. The Morgan fingerprint density at radius 2 is 1.92 bits per heavy atom. The summed E-state index contributed by atoms with van der Waals surface area (Å²) in [6.07, 6.45) is 6.64.